The number of rotatable bonds is 3. The van der Waals surface area contributed by atoms with Gasteiger partial charge in [-0.25, -0.2) is 9.59 Å². The quantitative estimate of drug-likeness (QED) is 0.586. The van der Waals surface area contributed by atoms with E-state index in [9.17, 15) is 9.59 Å². The van der Waals surface area contributed by atoms with Gasteiger partial charge in [-0.2, -0.15) is 5.48 Å². The Balaban J connectivity index is 2.46. The van der Waals surface area contributed by atoms with Gasteiger partial charge in [0.2, 0.25) is 0 Å². The molecule has 2 amide bonds. The van der Waals surface area contributed by atoms with E-state index in [2.05, 4.69) is 11.4 Å². The predicted molar refractivity (Wildman–Crippen MR) is 58.1 cm³/mol. The van der Waals surface area contributed by atoms with E-state index in [1.807, 2.05) is 30.3 Å². The maximum atomic E-state index is 11.3. The van der Waals surface area contributed by atoms with E-state index in [0.29, 0.717) is 6.42 Å². The van der Waals surface area contributed by atoms with Crippen LogP contribution in [0, 0.1) is 0 Å². The molecular weight excluding hydrogens is 208 g/mol. The minimum atomic E-state index is -0.930. The lowest BCUT2D eigenvalue weighted by Gasteiger charge is -2.05. The monoisotopic (exact) mass is 220 g/mol. The molecule has 0 aliphatic heterocycles. The highest BCUT2D eigenvalue weighted by molar-refractivity contribution is 5.89. The summed E-state index contributed by atoms with van der Waals surface area (Å²) in [5, 5.41) is 0. The van der Waals surface area contributed by atoms with Gasteiger partial charge in [-0.15, -0.1) is 0 Å². The van der Waals surface area contributed by atoms with Gasteiger partial charge in [-0.1, -0.05) is 36.9 Å². The van der Waals surface area contributed by atoms with E-state index >= 15 is 0 Å². The van der Waals surface area contributed by atoms with Crippen LogP contribution >= 0.6 is 0 Å². The number of benzene rings is 1. The second kappa shape index (κ2) is 5.55. The Morgan fingerprint density at radius 3 is 2.50 bits per heavy atom. The highest BCUT2D eigenvalue weighted by Crippen LogP contribution is 2.06. The number of urea groups is 1. The largest absolute Gasteiger partial charge is 0.358 e. The highest BCUT2D eigenvalue weighted by atomic mass is 16.7. The van der Waals surface area contributed by atoms with E-state index in [0.717, 1.165) is 5.56 Å². The van der Waals surface area contributed by atoms with Crippen molar-refractivity contribution < 1.29 is 14.4 Å². The average molecular weight is 220 g/mol. The molecule has 0 fully saturated rings. The topological polar surface area (TPSA) is 81.4 Å². The molecule has 0 unspecified atom stereocenters. The molecule has 0 aliphatic rings. The number of nitrogens with two attached hydrogens (primary N) is 1. The third kappa shape index (κ3) is 3.83. The molecule has 0 radical (unpaired) electrons. The molecule has 0 aromatic heterocycles. The fourth-order valence-corrected chi connectivity index (χ4v) is 1.08. The summed E-state index contributed by atoms with van der Waals surface area (Å²) in [4.78, 5) is 25.9. The van der Waals surface area contributed by atoms with Gasteiger partial charge < -0.3 is 10.6 Å². The zero-order valence-electron chi connectivity index (χ0n) is 8.60. The SMILES string of the molecule is C=C(Cc1ccccc1)C(=O)ONC(N)=O. The maximum absolute atomic E-state index is 11.3. The number of carbonyl (C=O) groups excluding carboxylic acids is 2. The third-order valence-electron chi connectivity index (χ3n) is 1.79. The normalized spacial score (nSPS) is 9.25. The molecule has 5 heteroatoms. The first kappa shape index (κ1) is 11.8. The molecule has 0 saturated carbocycles. The van der Waals surface area contributed by atoms with E-state index in [1.54, 1.807) is 5.48 Å². The second-order valence-electron chi connectivity index (χ2n) is 3.12. The Labute approximate surface area is 92.8 Å². The van der Waals surface area contributed by atoms with Crippen molar-refractivity contribution in [3.05, 3.63) is 48.0 Å². The average Bonchev–Trinajstić information content (AvgIpc) is 2.27. The molecule has 0 atom stereocenters. The molecule has 0 bridgehead atoms. The summed E-state index contributed by atoms with van der Waals surface area (Å²) >= 11 is 0. The molecule has 3 N–H and O–H groups in total. The van der Waals surface area contributed by atoms with Crippen LogP contribution in [-0.4, -0.2) is 12.0 Å². The molecule has 1 aromatic carbocycles. The van der Waals surface area contributed by atoms with Crippen LogP contribution in [0.25, 0.3) is 0 Å². The van der Waals surface area contributed by atoms with Crippen LogP contribution in [-0.2, 0) is 16.1 Å². The predicted octanol–water partition coefficient (Wildman–Crippen LogP) is 0.912. The van der Waals surface area contributed by atoms with Gasteiger partial charge >= 0.3 is 12.0 Å². The fraction of sp³-hybridized carbons (Fsp3) is 0.0909. The van der Waals surface area contributed by atoms with Crippen LogP contribution in [0.2, 0.25) is 0 Å². The van der Waals surface area contributed by atoms with Gasteiger partial charge in [-0.05, 0) is 5.56 Å². The summed E-state index contributed by atoms with van der Waals surface area (Å²) < 4.78 is 0. The lowest BCUT2D eigenvalue weighted by molar-refractivity contribution is -0.143. The molecule has 0 spiro atoms. The minimum Gasteiger partial charge on any atom is -0.349 e. The lowest BCUT2D eigenvalue weighted by Crippen LogP contribution is -2.32. The number of hydrogen-bond donors (Lipinski definition) is 2. The molecule has 0 aliphatic carbocycles. The summed E-state index contributed by atoms with van der Waals surface area (Å²) in [6, 6.07) is 8.38. The summed E-state index contributed by atoms with van der Waals surface area (Å²) in [5.74, 6) is -0.706. The zero-order valence-corrected chi connectivity index (χ0v) is 8.60. The number of nitrogens with one attached hydrogen (secondary N) is 1. The van der Waals surface area contributed by atoms with E-state index in [1.165, 1.54) is 0 Å². The van der Waals surface area contributed by atoms with E-state index < -0.39 is 12.0 Å². The van der Waals surface area contributed by atoms with Crippen LogP contribution in [0.5, 0.6) is 0 Å². The summed E-state index contributed by atoms with van der Waals surface area (Å²) in [6.07, 6.45) is 0.361. The number of carbonyl (C=O) groups is 2. The molecule has 84 valence electrons. The molecule has 1 aromatic rings. The summed E-state index contributed by atoms with van der Waals surface area (Å²) in [5.41, 5.74) is 7.65. The molecule has 0 saturated heterocycles. The van der Waals surface area contributed by atoms with E-state index in [-0.39, 0.29) is 5.57 Å². The first-order valence-electron chi connectivity index (χ1n) is 4.58. The van der Waals surface area contributed by atoms with Crippen LogP contribution in [0.4, 0.5) is 4.79 Å². The minimum absolute atomic E-state index is 0.236. The van der Waals surface area contributed by atoms with Crippen LogP contribution in [0.1, 0.15) is 5.56 Å². The van der Waals surface area contributed by atoms with Crippen molar-refractivity contribution >= 4 is 12.0 Å². The van der Waals surface area contributed by atoms with Crippen molar-refractivity contribution in [3.63, 3.8) is 0 Å². The molecule has 1 rings (SSSR count). The Morgan fingerprint density at radius 2 is 1.94 bits per heavy atom. The van der Waals surface area contributed by atoms with Crippen molar-refractivity contribution in [2.45, 2.75) is 6.42 Å². The number of hydrogen-bond acceptors (Lipinski definition) is 3. The highest BCUT2D eigenvalue weighted by Gasteiger charge is 2.10. The smallest absolute Gasteiger partial charge is 0.349 e. The van der Waals surface area contributed by atoms with Crippen molar-refractivity contribution in [3.8, 4) is 0 Å². The Kier molecular flexibility index (Phi) is 4.08. The standard InChI is InChI=1S/C11H12N2O3/c1-8(10(14)16-13-11(12)15)7-9-5-3-2-4-6-9/h2-6H,1,7H2,(H3,12,13,15). The van der Waals surface area contributed by atoms with Gasteiger partial charge in [0.05, 0.1) is 0 Å². The molecular formula is C11H12N2O3. The molecule has 16 heavy (non-hydrogen) atoms. The van der Waals surface area contributed by atoms with Crippen molar-refractivity contribution in [2.24, 2.45) is 5.73 Å². The van der Waals surface area contributed by atoms with Gasteiger partial charge in [0.15, 0.2) is 0 Å². The number of amides is 2. The van der Waals surface area contributed by atoms with Crippen LogP contribution in [0.3, 0.4) is 0 Å². The first-order chi connectivity index (χ1) is 7.59. The van der Waals surface area contributed by atoms with E-state index in [4.69, 9.17) is 5.73 Å². The van der Waals surface area contributed by atoms with Gasteiger partial charge in [0.1, 0.15) is 0 Å². The fourth-order valence-electron chi connectivity index (χ4n) is 1.08. The molecule has 5 nitrogen and oxygen atoms in total. The van der Waals surface area contributed by atoms with Crippen molar-refractivity contribution in [1.82, 2.24) is 5.48 Å². The second-order valence-corrected chi connectivity index (χ2v) is 3.12. The Morgan fingerprint density at radius 1 is 1.31 bits per heavy atom. The summed E-state index contributed by atoms with van der Waals surface area (Å²) in [6.45, 7) is 3.56. The number of hydroxylamine groups is 1. The van der Waals surface area contributed by atoms with Crippen LogP contribution < -0.4 is 11.2 Å². The molecule has 0 heterocycles. The first-order valence-corrected chi connectivity index (χ1v) is 4.58. The lowest BCUT2D eigenvalue weighted by atomic mass is 10.1. The summed E-state index contributed by atoms with van der Waals surface area (Å²) in [7, 11) is 0. The van der Waals surface area contributed by atoms with Gasteiger partial charge in [0.25, 0.3) is 0 Å². The van der Waals surface area contributed by atoms with Crippen molar-refractivity contribution in [1.29, 1.82) is 0 Å². The van der Waals surface area contributed by atoms with Gasteiger partial charge in [-0.3, -0.25) is 0 Å². The number of primary amides is 1. The maximum Gasteiger partial charge on any atom is 0.358 e. The van der Waals surface area contributed by atoms with Crippen LogP contribution in [0.15, 0.2) is 42.5 Å². The Hall–Kier alpha value is -2.30. The third-order valence-corrected chi connectivity index (χ3v) is 1.79. The zero-order chi connectivity index (χ0) is 12.0. The van der Waals surface area contributed by atoms with Crippen molar-refractivity contribution in [2.75, 3.05) is 0 Å². The van der Waals surface area contributed by atoms with Gasteiger partial charge in [0, 0.05) is 12.0 Å². The Bertz CT molecular complexity index is 401.